The van der Waals surface area contributed by atoms with Gasteiger partial charge in [-0.2, -0.15) is 0 Å². The predicted molar refractivity (Wildman–Crippen MR) is 88.6 cm³/mol. The molecule has 2 amide bonds. The first-order valence-electron chi connectivity index (χ1n) is 8.05. The maximum atomic E-state index is 12.0. The van der Waals surface area contributed by atoms with E-state index in [0.717, 1.165) is 12.8 Å². The molecule has 0 aliphatic carbocycles. The van der Waals surface area contributed by atoms with Crippen LogP contribution in [0.4, 0.5) is 0 Å². The highest BCUT2D eigenvalue weighted by Crippen LogP contribution is 2.32. The zero-order chi connectivity index (χ0) is 15.4. The number of rotatable bonds is 6. The summed E-state index contributed by atoms with van der Waals surface area (Å²) in [6.45, 7) is 0.853. The number of carbonyl (C=O) groups excluding carboxylic acids is 2. The fourth-order valence-electron chi connectivity index (χ4n) is 3.55. The molecule has 3 N–H and O–H groups in total. The number of hydrogen-bond acceptors (Lipinski definition) is 4. The smallest absolute Gasteiger partial charge is 0.287 e. The van der Waals surface area contributed by atoms with Gasteiger partial charge in [-0.25, -0.2) is 0 Å². The van der Waals surface area contributed by atoms with Crippen LogP contribution < -0.4 is 16.0 Å². The Bertz CT molecular complexity index is 509. The van der Waals surface area contributed by atoms with Gasteiger partial charge >= 0.3 is 0 Å². The number of carbonyl (C=O) groups is 2. The number of nitrogens with one attached hydrogen (secondary N) is 3. The van der Waals surface area contributed by atoms with Crippen LogP contribution in [-0.4, -0.2) is 37.0 Å². The average Bonchev–Trinajstić information content (AvgIpc) is 3.13. The van der Waals surface area contributed by atoms with Gasteiger partial charge in [-0.3, -0.25) is 9.59 Å². The van der Waals surface area contributed by atoms with Crippen LogP contribution in [0, 0.1) is 5.92 Å². The lowest BCUT2D eigenvalue weighted by atomic mass is 9.89. The molecule has 2 saturated heterocycles. The minimum atomic E-state index is -0.255. The van der Waals surface area contributed by atoms with E-state index in [4.69, 9.17) is 4.42 Å². The second-order valence-electron chi connectivity index (χ2n) is 6.26. The Hall–Kier alpha value is -1.53. The second kappa shape index (κ2) is 8.36. The summed E-state index contributed by atoms with van der Waals surface area (Å²) in [6.07, 6.45) is 6.78. The van der Waals surface area contributed by atoms with E-state index in [9.17, 15) is 9.59 Å². The van der Waals surface area contributed by atoms with Gasteiger partial charge < -0.3 is 20.4 Å². The maximum Gasteiger partial charge on any atom is 0.287 e. The van der Waals surface area contributed by atoms with Crippen molar-refractivity contribution in [3.8, 4) is 0 Å². The summed E-state index contributed by atoms with van der Waals surface area (Å²) in [5.41, 5.74) is 0. The van der Waals surface area contributed by atoms with Crippen molar-refractivity contribution in [1.82, 2.24) is 16.0 Å². The molecule has 1 aromatic rings. The first-order valence-corrected chi connectivity index (χ1v) is 8.05. The van der Waals surface area contributed by atoms with Crippen LogP contribution in [0.2, 0.25) is 0 Å². The molecule has 23 heavy (non-hydrogen) atoms. The van der Waals surface area contributed by atoms with Crippen molar-refractivity contribution in [2.45, 2.75) is 44.2 Å². The third-order valence-electron chi connectivity index (χ3n) is 4.52. The highest BCUT2D eigenvalue weighted by molar-refractivity contribution is 5.91. The van der Waals surface area contributed by atoms with Gasteiger partial charge in [0.05, 0.1) is 6.26 Å². The molecule has 2 aliphatic heterocycles. The van der Waals surface area contributed by atoms with Crippen LogP contribution in [-0.2, 0) is 4.79 Å². The molecule has 7 heteroatoms. The standard InChI is InChI=1S/C16H23N3O3.ClH/c20-15(10-11-8-12-3-4-13(9-11)19-12)17-5-6-18-16(21)14-2-1-7-22-14;/h1-2,7,11-13,19H,3-6,8-10H2,(H,17,20)(H,18,21);1H. The first-order chi connectivity index (χ1) is 10.7. The van der Waals surface area contributed by atoms with Gasteiger partial charge in [-0.1, -0.05) is 0 Å². The molecular weight excluding hydrogens is 318 g/mol. The van der Waals surface area contributed by atoms with E-state index in [0.29, 0.717) is 37.5 Å². The molecule has 2 unspecified atom stereocenters. The van der Waals surface area contributed by atoms with Crippen molar-refractivity contribution in [2.24, 2.45) is 5.92 Å². The number of piperidine rings is 1. The van der Waals surface area contributed by atoms with Crippen LogP contribution in [0.25, 0.3) is 0 Å². The molecule has 0 spiro atoms. The number of fused-ring (bicyclic) bond motifs is 2. The third-order valence-corrected chi connectivity index (χ3v) is 4.52. The minimum absolute atomic E-state index is 0. The molecule has 6 nitrogen and oxygen atoms in total. The van der Waals surface area contributed by atoms with Crippen molar-refractivity contribution in [3.63, 3.8) is 0 Å². The molecule has 3 heterocycles. The molecule has 2 atom stereocenters. The number of amides is 2. The van der Waals surface area contributed by atoms with E-state index >= 15 is 0 Å². The predicted octanol–water partition coefficient (Wildman–Crippen LogP) is 1.47. The Morgan fingerprint density at radius 1 is 1.17 bits per heavy atom. The Morgan fingerprint density at radius 3 is 2.52 bits per heavy atom. The van der Waals surface area contributed by atoms with Crippen LogP contribution in [0.1, 0.15) is 42.7 Å². The molecule has 0 aromatic carbocycles. The van der Waals surface area contributed by atoms with Crippen LogP contribution in [0.5, 0.6) is 0 Å². The number of furan rings is 1. The molecule has 0 saturated carbocycles. The number of halogens is 1. The van der Waals surface area contributed by atoms with E-state index < -0.39 is 0 Å². The Morgan fingerprint density at radius 2 is 1.87 bits per heavy atom. The van der Waals surface area contributed by atoms with Crippen LogP contribution in [0.15, 0.2) is 22.8 Å². The highest BCUT2D eigenvalue weighted by atomic mass is 35.5. The summed E-state index contributed by atoms with van der Waals surface area (Å²) in [5.74, 6) is 0.612. The lowest BCUT2D eigenvalue weighted by Crippen LogP contribution is -2.40. The minimum Gasteiger partial charge on any atom is -0.459 e. The van der Waals surface area contributed by atoms with Crippen LogP contribution in [0.3, 0.4) is 0 Å². The number of hydrogen-bond donors (Lipinski definition) is 3. The van der Waals surface area contributed by atoms with E-state index in [2.05, 4.69) is 16.0 Å². The van der Waals surface area contributed by atoms with Crippen molar-refractivity contribution in [3.05, 3.63) is 24.2 Å². The van der Waals surface area contributed by atoms with Gasteiger partial charge in [0.25, 0.3) is 5.91 Å². The maximum absolute atomic E-state index is 12.0. The highest BCUT2D eigenvalue weighted by Gasteiger charge is 2.34. The Balaban J connectivity index is 0.00000192. The van der Waals surface area contributed by atoms with Crippen LogP contribution >= 0.6 is 12.4 Å². The van der Waals surface area contributed by atoms with Crippen molar-refractivity contribution < 1.29 is 14.0 Å². The van der Waals surface area contributed by atoms with Crippen molar-refractivity contribution in [1.29, 1.82) is 0 Å². The third kappa shape index (κ3) is 4.97. The molecule has 2 aliphatic rings. The summed E-state index contributed by atoms with van der Waals surface area (Å²) >= 11 is 0. The van der Waals surface area contributed by atoms with Crippen molar-refractivity contribution >= 4 is 24.2 Å². The second-order valence-corrected chi connectivity index (χ2v) is 6.26. The molecule has 2 bridgehead atoms. The van der Waals surface area contributed by atoms with Gasteiger partial charge in [0.15, 0.2) is 5.76 Å². The summed E-state index contributed by atoms with van der Waals surface area (Å²) in [7, 11) is 0. The van der Waals surface area contributed by atoms with Gasteiger partial charge in [0.1, 0.15) is 0 Å². The van der Waals surface area contributed by atoms with E-state index in [1.165, 1.54) is 19.1 Å². The fourth-order valence-corrected chi connectivity index (χ4v) is 3.55. The summed E-state index contributed by atoms with van der Waals surface area (Å²) in [4.78, 5) is 23.6. The topological polar surface area (TPSA) is 83.4 Å². The molecule has 2 fully saturated rings. The van der Waals surface area contributed by atoms with E-state index in [1.54, 1.807) is 12.1 Å². The summed E-state index contributed by atoms with van der Waals surface area (Å²) in [6, 6.07) is 4.51. The molecular formula is C16H24ClN3O3. The quantitative estimate of drug-likeness (QED) is 0.684. The summed E-state index contributed by atoms with van der Waals surface area (Å²) in [5, 5.41) is 9.17. The Labute approximate surface area is 142 Å². The normalized spacial score (nSPS) is 25.5. The summed E-state index contributed by atoms with van der Waals surface area (Å²) < 4.78 is 4.99. The molecule has 3 rings (SSSR count). The lowest BCUT2D eigenvalue weighted by Gasteiger charge is -2.28. The first kappa shape index (κ1) is 17.8. The van der Waals surface area contributed by atoms with Crippen molar-refractivity contribution in [2.75, 3.05) is 13.1 Å². The zero-order valence-corrected chi connectivity index (χ0v) is 13.9. The van der Waals surface area contributed by atoms with Gasteiger partial charge in [-0.05, 0) is 43.7 Å². The lowest BCUT2D eigenvalue weighted by molar-refractivity contribution is -0.122. The molecule has 0 radical (unpaired) electrons. The SMILES string of the molecule is Cl.O=C(CC1CC2CCC(C1)N2)NCCNC(=O)c1ccco1. The fraction of sp³-hybridized carbons (Fsp3) is 0.625. The van der Waals surface area contributed by atoms with E-state index in [-0.39, 0.29) is 30.0 Å². The van der Waals surface area contributed by atoms with Gasteiger partial charge in [0, 0.05) is 31.6 Å². The zero-order valence-electron chi connectivity index (χ0n) is 13.0. The van der Waals surface area contributed by atoms with Gasteiger partial charge in [0.2, 0.25) is 5.91 Å². The molecule has 1 aromatic heterocycles. The van der Waals surface area contributed by atoms with Gasteiger partial charge in [-0.15, -0.1) is 12.4 Å². The largest absolute Gasteiger partial charge is 0.459 e. The van der Waals surface area contributed by atoms with E-state index in [1.807, 2.05) is 0 Å². The molecule has 128 valence electrons. The average molecular weight is 342 g/mol. The monoisotopic (exact) mass is 341 g/mol. The Kier molecular flexibility index (Phi) is 6.47.